The van der Waals surface area contributed by atoms with E-state index in [9.17, 15) is 10.3 Å². The highest BCUT2D eigenvalue weighted by Gasteiger charge is 2.06. The van der Waals surface area contributed by atoms with Crippen LogP contribution in [0.3, 0.4) is 0 Å². The molecule has 0 aliphatic heterocycles. The molecule has 20 heavy (non-hydrogen) atoms. The van der Waals surface area contributed by atoms with Crippen LogP contribution in [-0.4, -0.2) is 39.6 Å². The molecule has 110 valence electrons. The molecular formula is C12H18N4O3S. The van der Waals surface area contributed by atoms with Crippen molar-refractivity contribution < 1.29 is 15.5 Å². The molecule has 0 aromatic heterocycles. The molecule has 1 rings (SSSR count). The third kappa shape index (κ3) is 4.42. The Morgan fingerprint density at radius 3 is 2.70 bits per heavy atom. The Morgan fingerprint density at radius 2 is 2.15 bits per heavy atom. The lowest BCUT2D eigenvalue weighted by atomic mass is 10.2. The van der Waals surface area contributed by atoms with Gasteiger partial charge in [-0.3, -0.25) is 5.43 Å². The van der Waals surface area contributed by atoms with Crippen LogP contribution >= 0.6 is 12.2 Å². The van der Waals surface area contributed by atoms with Gasteiger partial charge in [-0.15, -0.1) is 0 Å². The fraction of sp³-hybridized carbons (Fsp3) is 0.333. The van der Waals surface area contributed by atoms with Crippen molar-refractivity contribution in [2.24, 2.45) is 5.10 Å². The highest BCUT2D eigenvalue weighted by atomic mass is 32.1. The van der Waals surface area contributed by atoms with Crippen molar-refractivity contribution in [2.45, 2.75) is 13.8 Å². The molecule has 0 spiro atoms. The molecule has 0 aliphatic carbocycles. The summed E-state index contributed by atoms with van der Waals surface area (Å²) in [6.07, 6.45) is 1.33. The lowest BCUT2D eigenvalue weighted by Gasteiger charge is -2.20. The Labute approximate surface area is 122 Å². The van der Waals surface area contributed by atoms with Gasteiger partial charge in [-0.1, -0.05) is 0 Å². The average molecular weight is 298 g/mol. The van der Waals surface area contributed by atoms with Gasteiger partial charge >= 0.3 is 0 Å². The van der Waals surface area contributed by atoms with Crippen LogP contribution < -0.4 is 10.7 Å². The molecule has 7 nitrogen and oxygen atoms in total. The largest absolute Gasteiger partial charge is 0.595 e. The van der Waals surface area contributed by atoms with Crippen LogP contribution in [0.4, 0.5) is 5.69 Å². The highest BCUT2D eigenvalue weighted by molar-refractivity contribution is 7.80. The second-order valence-electron chi connectivity index (χ2n) is 3.93. The monoisotopic (exact) mass is 298 g/mol. The Kier molecular flexibility index (Phi) is 6.32. The predicted octanol–water partition coefficient (Wildman–Crippen LogP) is 0.346. The van der Waals surface area contributed by atoms with E-state index in [1.165, 1.54) is 24.4 Å². The van der Waals surface area contributed by atoms with Crippen LogP contribution in [0.25, 0.3) is 0 Å². The van der Waals surface area contributed by atoms with Gasteiger partial charge < -0.3 is 15.2 Å². The minimum atomic E-state index is -1.06. The maximum atomic E-state index is 10.8. The van der Waals surface area contributed by atoms with Gasteiger partial charge in [-0.25, -0.2) is 5.21 Å². The zero-order valence-corrected chi connectivity index (χ0v) is 12.1. The quantitative estimate of drug-likeness (QED) is 0.271. The summed E-state index contributed by atoms with van der Waals surface area (Å²) < 4.78 is 0. The van der Waals surface area contributed by atoms with Crippen LogP contribution in [0.2, 0.25) is 0 Å². The Hall–Kier alpha value is -1.74. The lowest BCUT2D eigenvalue weighted by Crippen LogP contribution is -2.99. The maximum absolute atomic E-state index is 10.8. The summed E-state index contributed by atoms with van der Waals surface area (Å²) in [4.78, 5) is 1.90. The van der Waals surface area contributed by atoms with Gasteiger partial charge in [0, 0.05) is 30.8 Å². The zero-order valence-electron chi connectivity index (χ0n) is 11.3. The van der Waals surface area contributed by atoms with Gasteiger partial charge in [-0.2, -0.15) is 10.3 Å². The zero-order chi connectivity index (χ0) is 15.1. The topological polar surface area (TPSA) is 95.6 Å². The van der Waals surface area contributed by atoms with E-state index in [4.69, 9.17) is 17.4 Å². The van der Waals surface area contributed by atoms with Crippen molar-refractivity contribution >= 4 is 29.2 Å². The highest BCUT2D eigenvalue weighted by Crippen LogP contribution is 2.17. The molecule has 0 saturated heterocycles. The van der Waals surface area contributed by atoms with Gasteiger partial charge in [-0.05, 0) is 32.1 Å². The third-order valence-corrected chi connectivity index (χ3v) is 3.04. The number of aromatic hydroxyl groups is 1. The van der Waals surface area contributed by atoms with E-state index in [2.05, 4.69) is 10.5 Å². The number of benzene rings is 1. The first-order chi connectivity index (χ1) is 9.49. The molecule has 0 saturated carbocycles. The van der Waals surface area contributed by atoms with Crippen LogP contribution in [0.15, 0.2) is 23.3 Å². The van der Waals surface area contributed by atoms with Crippen molar-refractivity contribution in [2.75, 3.05) is 13.1 Å². The summed E-state index contributed by atoms with van der Waals surface area (Å²) in [5, 5.41) is 32.7. The van der Waals surface area contributed by atoms with E-state index >= 15 is 0 Å². The molecule has 0 radical (unpaired) electrons. The normalized spacial score (nSPS) is 12.4. The van der Waals surface area contributed by atoms with Crippen LogP contribution in [0.1, 0.15) is 19.4 Å². The first-order valence-corrected chi connectivity index (χ1v) is 6.54. The summed E-state index contributed by atoms with van der Waals surface area (Å²) in [5.74, 6) is -0.0469. The summed E-state index contributed by atoms with van der Waals surface area (Å²) in [5.41, 5.74) is 3.06. The van der Waals surface area contributed by atoms with Gasteiger partial charge in [0.25, 0.3) is 0 Å². The average Bonchev–Trinajstić information content (AvgIpc) is 2.42. The Bertz CT molecular complexity index is 490. The Morgan fingerprint density at radius 1 is 1.50 bits per heavy atom. The molecule has 0 heterocycles. The number of rotatable bonds is 5. The minimum absolute atomic E-state index is 0.0469. The number of nitrogens with one attached hydrogen (secondary N) is 2. The van der Waals surface area contributed by atoms with E-state index < -0.39 is 5.23 Å². The molecular weight excluding hydrogens is 280 g/mol. The van der Waals surface area contributed by atoms with Gasteiger partial charge in [0.05, 0.1) is 6.21 Å². The molecule has 1 atom stereocenters. The van der Waals surface area contributed by atoms with Crippen LogP contribution in [-0.2, 0) is 0 Å². The van der Waals surface area contributed by atoms with Crippen molar-refractivity contribution in [3.8, 4) is 5.75 Å². The number of phenols is 1. The summed E-state index contributed by atoms with van der Waals surface area (Å²) in [6, 6.07) is 3.97. The standard InChI is InChI=1S/C12H18N4O3S/c1-3-15(4-2)12(20)14-13-8-9-7-10(16(18)19)5-6-11(9)17/h5-8,16-18H,3-4H2,1-2H3,(H,14,20)/b13-8+. The SMILES string of the molecule is CCN(CC)C(=S)N/N=C/c1cc([NH+]([O-])O)ccc1O. The number of hydrogen-bond donors (Lipinski definition) is 4. The van der Waals surface area contributed by atoms with Gasteiger partial charge in [0.2, 0.25) is 0 Å². The molecule has 1 unspecified atom stereocenters. The molecule has 0 amide bonds. The van der Waals surface area contributed by atoms with Crippen LogP contribution in [0, 0.1) is 5.21 Å². The first-order valence-electron chi connectivity index (χ1n) is 6.13. The second kappa shape index (κ2) is 7.75. The minimum Gasteiger partial charge on any atom is -0.595 e. The molecule has 1 aromatic carbocycles. The van der Waals surface area contributed by atoms with Crippen molar-refractivity contribution in [3.63, 3.8) is 0 Å². The summed E-state index contributed by atoms with van der Waals surface area (Å²) >= 11 is 5.13. The third-order valence-electron chi connectivity index (χ3n) is 2.69. The number of thiocarbonyl (C=S) groups is 1. The number of hydrogen-bond acceptors (Lipinski definition) is 5. The number of phenolic OH excluding ortho intramolecular Hbond substituents is 1. The van der Waals surface area contributed by atoms with E-state index in [-0.39, 0.29) is 11.4 Å². The maximum Gasteiger partial charge on any atom is 0.189 e. The molecule has 1 aromatic rings. The molecule has 8 heteroatoms. The summed E-state index contributed by atoms with van der Waals surface area (Å²) in [7, 11) is 0. The number of quaternary nitrogens is 1. The van der Waals surface area contributed by atoms with Gasteiger partial charge in [0.15, 0.2) is 10.8 Å². The smallest absolute Gasteiger partial charge is 0.189 e. The van der Waals surface area contributed by atoms with Crippen LogP contribution in [0.5, 0.6) is 5.75 Å². The second-order valence-corrected chi connectivity index (χ2v) is 4.31. The summed E-state index contributed by atoms with van der Waals surface area (Å²) in [6.45, 7) is 5.47. The predicted molar refractivity (Wildman–Crippen MR) is 80.1 cm³/mol. The molecule has 0 bridgehead atoms. The van der Waals surface area contributed by atoms with E-state index in [0.717, 1.165) is 13.1 Å². The number of nitrogens with zero attached hydrogens (tertiary/aromatic N) is 2. The van der Waals surface area contributed by atoms with E-state index in [1.807, 2.05) is 18.7 Å². The lowest BCUT2D eigenvalue weighted by molar-refractivity contribution is -0.991. The number of hydrazone groups is 1. The first kappa shape index (κ1) is 16.3. The Balaban J connectivity index is 2.75. The van der Waals surface area contributed by atoms with Gasteiger partial charge in [0.1, 0.15) is 5.75 Å². The fourth-order valence-electron chi connectivity index (χ4n) is 1.53. The van der Waals surface area contributed by atoms with E-state index in [0.29, 0.717) is 10.7 Å². The molecule has 4 N–H and O–H groups in total. The molecule has 0 fully saturated rings. The van der Waals surface area contributed by atoms with Crippen molar-refractivity contribution in [1.82, 2.24) is 10.3 Å². The fourth-order valence-corrected chi connectivity index (χ4v) is 1.84. The van der Waals surface area contributed by atoms with E-state index in [1.54, 1.807) is 0 Å². The van der Waals surface area contributed by atoms with Crippen molar-refractivity contribution in [3.05, 3.63) is 29.0 Å². The van der Waals surface area contributed by atoms with Crippen molar-refractivity contribution in [1.29, 1.82) is 0 Å². The molecule has 0 aliphatic rings.